The van der Waals surface area contributed by atoms with Crippen LogP contribution in [0.1, 0.15) is 52.5 Å². The van der Waals surface area contributed by atoms with Crippen LogP contribution in [0.25, 0.3) is 0 Å². The van der Waals surface area contributed by atoms with Crippen molar-refractivity contribution in [2.45, 2.75) is 53.5 Å². The molecular weight excluding hydrogens is 340 g/mol. The molecule has 2 rings (SSSR count). The fraction of sp³-hybridized carbons (Fsp3) is 0.636. The number of amides is 2. The average Bonchev–Trinajstić information content (AvgIpc) is 2.65. The number of nitrogens with zero attached hydrogens (tertiary/aromatic N) is 1. The van der Waals surface area contributed by atoms with Gasteiger partial charge < -0.3 is 15.0 Å². The Kier molecular flexibility index (Phi) is 7.28. The van der Waals surface area contributed by atoms with Crippen molar-refractivity contribution in [3.05, 3.63) is 29.8 Å². The lowest BCUT2D eigenvalue weighted by atomic mass is 9.80. The van der Waals surface area contributed by atoms with Crippen molar-refractivity contribution in [2.24, 2.45) is 17.3 Å². The first kappa shape index (κ1) is 21.3. The van der Waals surface area contributed by atoms with Crippen LogP contribution in [0, 0.1) is 17.3 Å². The molecule has 0 radical (unpaired) electrons. The Hall–Kier alpha value is -2.04. The number of hydrogen-bond donors (Lipinski definition) is 1. The highest BCUT2D eigenvalue weighted by Gasteiger charge is 2.35. The third kappa shape index (κ3) is 5.98. The molecule has 0 aromatic heterocycles. The molecule has 2 amide bonds. The van der Waals surface area contributed by atoms with E-state index in [1.807, 2.05) is 49.9 Å². The summed E-state index contributed by atoms with van der Waals surface area (Å²) in [4.78, 5) is 27.0. The number of benzene rings is 1. The van der Waals surface area contributed by atoms with E-state index in [0.29, 0.717) is 24.8 Å². The maximum atomic E-state index is 12.6. The van der Waals surface area contributed by atoms with Gasteiger partial charge >= 0.3 is 0 Å². The Morgan fingerprint density at radius 3 is 2.41 bits per heavy atom. The van der Waals surface area contributed by atoms with Crippen LogP contribution in [0.2, 0.25) is 0 Å². The van der Waals surface area contributed by atoms with Gasteiger partial charge in [0.25, 0.3) is 0 Å². The molecule has 150 valence electrons. The van der Waals surface area contributed by atoms with Gasteiger partial charge in [0.05, 0.1) is 7.11 Å². The molecule has 5 nitrogen and oxygen atoms in total. The van der Waals surface area contributed by atoms with E-state index in [9.17, 15) is 9.59 Å². The van der Waals surface area contributed by atoms with E-state index in [4.69, 9.17) is 4.74 Å². The van der Waals surface area contributed by atoms with Gasteiger partial charge in [-0.1, -0.05) is 46.2 Å². The number of rotatable bonds is 6. The van der Waals surface area contributed by atoms with Crippen molar-refractivity contribution < 1.29 is 14.3 Å². The lowest BCUT2D eigenvalue weighted by molar-refractivity contribution is -0.142. The van der Waals surface area contributed by atoms with Gasteiger partial charge in [-0.25, -0.2) is 0 Å². The van der Waals surface area contributed by atoms with E-state index < -0.39 is 0 Å². The summed E-state index contributed by atoms with van der Waals surface area (Å²) < 4.78 is 5.15. The summed E-state index contributed by atoms with van der Waals surface area (Å²) in [7, 11) is 1.64. The molecule has 5 heteroatoms. The molecular formula is C22H34N2O3. The molecule has 0 bridgehead atoms. The standard InChI is InChI=1S/C22H34N2O3/c1-6-17-15-24(21(26)22(2,3)4)12-11-18(17)13-20(25)23-14-16-7-9-19(27-5)10-8-16/h7-10,17-18H,6,11-15H2,1-5H3,(H,23,25)/t17-,18+/m1/s1. The first-order chi connectivity index (χ1) is 12.7. The summed E-state index contributed by atoms with van der Waals surface area (Å²) in [5, 5.41) is 3.03. The first-order valence-corrected chi connectivity index (χ1v) is 9.93. The molecule has 1 aromatic rings. The number of likely N-dealkylation sites (tertiary alicyclic amines) is 1. The summed E-state index contributed by atoms with van der Waals surface area (Å²) >= 11 is 0. The maximum absolute atomic E-state index is 12.6. The zero-order valence-corrected chi connectivity index (χ0v) is 17.4. The molecule has 1 fully saturated rings. The van der Waals surface area contributed by atoms with Gasteiger partial charge in [0.2, 0.25) is 11.8 Å². The van der Waals surface area contributed by atoms with Crippen LogP contribution in [-0.2, 0) is 16.1 Å². The van der Waals surface area contributed by atoms with Gasteiger partial charge in [0.15, 0.2) is 0 Å². The molecule has 1 aliphatic heterocycles. The van der Waals surface area contributed by atoms with Crippen LogP contribution in [0.4, 0.5) is 0 Å². The van der Waals surface area contributed by atoms with Gasteiger partial charge in [-0.15, -0.1) is 0 Å². The molecule has 0 aliphatic carbocycles. The minimum atomic E-state index is -0.346. The minimum absolute atomic E-state index is 0.0878. The largest absolute Gasteiger partial charge is 0.497 e. The molecule has 1 saturated heterocycles. The van der Waals surface area contributed by atoms with Crippen molar-refractivity contribution in [3.8, 4) is 5.75 Å². The molecule has 1 N–H and O–H groups in total. The van der Waals surface area contributed by atoms with E-state index >= 15 is 0 Å². The van der Waals surface area contributed by atoms with Crippen LogP contribution in [0.3, 0.4) is 0 Å². The monoisotopic (exact) mass is 374 g/mol. The van der Waals surface area contributed by atoms with Crippen molar-refractivity contribution in [1.82, 2.24) is 10.2 Å². The zero-order chi connectivity index (χ0) is 20.0. The average molecular weight is 375 g/mol. The number of methoxy groups -OCH3 is 1. The number of nitrogens with one attached hydrogen (secondary N) is 1. The number of carbonyl (C=O) groups is 2. The summed E-state index contributed by atoms with van der Waals surface area (Å²) in [6.07, 6.45) is 2.42. The summed E-state index contributed by atoms with van der Waals surface area (Å²) in [5.74, 6) is 1.84. The second-order valence-corrected chi connectivity index (χ2v) is 8.55. The van der Waals surface area contributed by atoms with Crippen LogP contribution < -0.4 is 10.1 Å². The third-order valence-electron chi connectivity index (χ3n) is 5.44. The highest BCUT2D eigenvalue weighted by molar-refractivity contribution is 5.81. The SMILES string of the molecule is CC[C@@H]1CN(C(=O)C(C)(C)C)CC[C@H]1CC(=O)NCc1ccc(OC)cc1. The second kappa shape index (κ2) is 9.25. The smallest absolute Gasteiger partial charge is 0.227 e. The van der Waals surface area contributed by atoms with E-state index in [0.717, 1.165) is 37.2 Å². The van der Waals surface area contributed by atoms with E-state index in [2.05, 4.69) is 12.2 Å². The topological polar surface area (TPSA) is 58.6 Å². The fourth-order valence-electron chi connectivity index (χ4n) is 3.73. The predicted molar refractivity (Wildman–Crippen MR) is 107 cm³/mol. The lowest BCUT2D eigenvalue weighted by Gasteiger charge is -2.40. The summed E-state index contributed by atoms with van der Waals surface area (Å²) in [6, 6.07) is 7.72. The molecule has 2 atom stereocenters. The van der Waals surface area contributed by atoms with Crippen LogP contribution in [0.15, 0.2) is 24.3 Å². The van der Waals surface area contributed by atoms with Gasteiger partial charge in [-0.3, -0.25) is 9.59 Å². The highest BCUT2D eigenvalue weighted by Crippen LogP contribution is 2.31. The Morgan fingerprint density at radius 2 is 1.85 bits per heavy atom. The first-order valence-electron chi connectivity index (χ1n) is 9.93. The van der Waals surface area contributed by atoms with E-state index in [1.165, 1.54) is 0 Å². The number of hydrogen-bond acceptors (Lipinski definition) is 3. The third-order valence-corrected chi connectivity index (χ3v) is 5.44. The van der Waals surface area contributed by atoms with Crippen LogP contribution in [0.5, 0.6) is 5.75 Å². The van der Waals surface area contributed by atoms with Gasteiger partial charge in [0.1, 0.15) is 5.75 Å². The van der Waals surface area contributed by atoms with Gasteiger partial charge in [-0.05, 0) is 36.0 Å². The Labute approximate surface area is 163 Å². The molecule has 1 heterocycles. The Morgan fingerprint density at radius 1 is 1.19 bits per heavy atom. The minimum Gasteiger partial charge on any atom is -0.497 e. The molecule has 1 aliphatic rings. The lowest BCUT2D eigenvalue weighted by Crippen LogP contribution is -2.48. The van der Waals surface area contributed by atoms with Crippen molar-refractivity contribution in [1.29, 1.82) is 0 Å². The Bertz CT molecular complexity index is 634. The molecule has 0 spiro atoms. The molecule has 1 aromatic carbocycles. The zero-order valence-electron chi connectivity index (χ0n) is 17.4. The second-order valence-electron chi connectivity index (χ2n) is 8.55. The molecule has 0 unspecified atom stereocenters. The van der Waals surface area contributed by atoms with Gasteiger partial charge in [0, 0.05) is 31.5 Å². The highest BCUT2D eigenvalue weighted by atomic mass is 16.5. The van der Waals surface area contributed by atoms with Crippen molar-refractivity contribution in [3.63, 3.8) is 0 Å². The molecule has 27 heavy (non-hydrogen) atoms. The predicted octanol–water partition coefficient (Wildman–Crippen LogP) is 3.62. The van der Waals surface area contributed by atoms with Crippen molar-refractivity contribution in [2.75, 3.05) is 20.2 Å². The Balaban J connectivity index is 1.85. The molecule has 0 saturated carbocycles. The number of carbonyl (C=O) groups excluding carboxylic acids is 2. The number of ether oxygens (including phenoxy) is 1. The van der Waals surface area contributed by atoms with Crippen LogP contribution >= 0.6 is 0 Å². The quantitative estimate of drug-likeness (QED) is 0.827. The van der Waals surface area contributed by atoms with Crippen LogP contribution in [-0.4, -0.2) is 36.9 Å². The normalized spacial score (nSPS) is 20.3. The fourth-order valence-corrected chi connectivity index (χ4v) is 3.73. The maximum Gasteiger partial charge on any atom is 0.227 e. The van der Waals surface area contributed by atoms with Crippen molar-refractivity contribution >= 4 is 11.8 Å². The van der Waals surface area contributed by atoms with E-state index in [1.54, 1.807) is 7.11 Å². The summed E-state index contributed by atoms with van der Waals surface area (Å²) in [5.41, 5.74) is 0.711. The van der Waals surface area contributed by atoms with Gasteiger partial charge in [-0.2, -0.15) is 0 Å². The summed E-state index contributed by atoms with van der Waals surface area (Å²) in [6.45, 7) is 10.1. The van der Waals surface area contributed by atoms with E-state index in [-0.39, 0.29) is 17.2 Å². The number of piperidine rings is 1.